The number of carboxylic acids is 1. The summed E-state index contributed by atoms with van der Waals surface area (Å²) in [7, 11) is 0. The smallest absolute Gasteiger partial charge is 0.434 e. The standard InChI is InChI=1S/C18H18F3N3O3/c1-11-5-3-4-6-13(11)24-14(18(19,20)21)12(9-22-24)15(25)23-8-7-17(2,10-23)16(26)27/h3-6,9H,7-8,10H2,1-2H3,(H,26,27)/t17-/m0/s1. The zero-order valence-corrected chi connectivity index (χ0v) is 14.7. The Hall–Kier alpha value is -2.84. The fraction of sp³-hybridized carbons (Fsp3) is 0.389. The number of hydrogen-bond donors (Lipinski definition) is 1. The number of halogens is 3. The minimum absolute atomic E-state index is 0.0779. The second-order valence-electron chi connectivity index (χ2n) is 6.95. The second-order valence-corrected chi connectivity index (χ2v) is 6.95. The molecular weight excluding hydrogens is 363 g/mol. The number of para-hydroxylation sites is 1. The number of likely N-dealkylation sites (tertiary alicyclic amines) is 1. The van der Waals surface area contributed by atoms with Gasteiger partial charge in [-0.25, -0.2) is 4.68 Å². The summed E-state index contributed by atoms with van der Waals surface area (Å²) in [6.07, 6.45) is -3.73. The molecule has 1 fully saturated rings. The molecule has 1 atom stereocenters. The van der Waals surface area contributed by atoms with Gasteiger partial charge in [-0.15, -0.1) is 0 Å². The fourth-order valence-corrected chi connectivity index (χ4v) is 3.24. The van der Waals surface area contributed by atoms with Gasteiger partial charge in [0.2, 0.25) is 0 Å². The Morgan fingerprint density at radius 2 is 1.93 bits per heavy atom. The van der Waals surface area contributed by atoms with Crippen molar-refractivity contribution in [3.8, 4) is 5.69 Å². The maximum absolute atomic E-state index is 13.8. The Balaban J connectivity index is 2.04. The number of carbonyl (C=O) groups is 2. The number of nitrogens with zero attached hydrogens (tertiary/aromatic N) is 3. The Kier molecular flexibility index (Phi) is 4.49. The number of rotatable bonds is 3. The highest BCUT2D eigenvalue weighted by molar-refractivity contribution is 5.96. The van der Waals surface area contributed by atoms with E-state index in [2.05, 4.69) is 5.10 Å². The number of benzene rings is 1. The quantitative estimate of drug-likeness (QED) is 0.886. The van der Waals surface area contributed by atoms with E-state index in [1.54, 1.807) is 25.1 Å². The third kappa shape index (κ3) is 3.29. The molecule has 3 rings (SSSR count). The number of amides is 1. The van der Waals surface area contributed by atoms with Gasteiger partial charge in [-0.3, -0.25) is 9.59 Å². The van der Waals surface area contributed by atoms with E-state index in [-0.39, 0.29) is 25.2 Å². The normalized spacial score (nSPS) is 20.1. The molecule has 0 spiro atoms. The summed E-state index contributed by atoms with van der Waals surface area (Å²) in [5, 5.41) is 13.1. The molecule has 1 amide bonds. The molecule has 0 radical (unpaired) electrons. The molecule has 1 N–H and O–H groups in total. The minimum atomic E-state index is -4.81. The van der Waals surface area contributed by atoms with Crippen LogP contribution in [0, 0.1) is 12.3 Å². The lowest BCUT2D eigenvalue weighted by molar-refractivity contribution is -0.147. The highest BCUT2D eigenvalue weighted by Crippen LogP contribution is 2.36. The zero-order valence-electron chi connectivity index (χ0n) is 14.7. The molecule has 1 aliphatic rings. The molecule has 0 unspecified atom stereocenters. The number of alkyl halides is 3. The molecule has 2 heterocycles. The minimum Gasteiger partial charge on any atom is -0.481 e. The van der Waals surface area contributed by atoms with Gasteiger partial charge in [0.25, 0.3) is 5.91 Å². The van der Waals surface area contributed by atoms with Gasteiger partial charge in [-0.05, 0) is 31.9 Å². The molecule has 9 heteroatoms. The van der Waals surface area contributed by atoms with Crippen molar-refractivity contribution in [2.75, 3.05) is 13.1 Å². The monoisotopic (exact) mass is 381 g/mol. The molecule has 27 heavy (non-hydrogen) atoms. The van der Waals surface area contributed by atoms with Crippen molar-refractivity contribution < 1.29 is 27.9 Å². The second kappa shape index (κ2) is 6.40. The van der Waals surface area contributed by atoms with Crippen molar-refractivity contribution in [1.82, 2.24) is 14.7 Å². The number of aryl methyl sites for hydroxylation is 1. The molecule has 0 saturated carbocycles. The van der Waals surface area contributed by atoms with Crippen LogP contribution in [0.2, 0.25) is 0 Å². The van der Waals surface area contributed by atoms with Gasteiger partial charge >= 0.3 is 12.1 Å². The third-order valence-electron chi connectivity index (χ3n) is 4.89. The van der Waals surface area contributed by atoms with Crippen LogP contribution in [0.25, 0.3) is 5.69 Å². The lowest BCUT2D eigenvalue weighted by atomic mass is 9.90. The van der Waals surface area contributed by atoms with E-state index in [1.165, 1.54) is 13.0 Å². The van der Waals surface area contributed by atoms with E-state index in [0.29, 0.717) is 5.56 Å². The van der Waals surface area contributed by atoms with Crippen molar-refractivity contribution >= 4 is 11.9 Å². The molecule has 6 nitrogen and oxygen atoms in total. The van der Waals surface area contributed by atoms with Crippen LogP contribution in [0.15, 0.2) is 30.5 Å². The Morgan fingerprint density at radius 1 is 1.26 bits per heavy atom. The SMILES string of the molecule is Cc1ccccc1-n1ncc(C(=O)N2CC[C@](C)(C(=O)O)C2)c1C(F)(F)F. The van der Waals surface area contributed by atoms with Gasteiger partial charge < -0.3 is 10.0 Å². The lowest BCUT2D eigenvalue weighted by Crippen LogP contribution is -2.35. The van der Waals surface area contributed by atoms with E-state index >= 15 is 0 Å². The third-order valence-corrected chi connectivity index (χ3v) is 4.89. The Labute approximate surface area is 153 Å². The number of hydrogen-bond acceptors (Lipinski definition) is 3. The van der Waals surface area contributed by atoms with Crippen molar-refractivity contribution in [1.29, 1.82) is 0 Å². The summed E-state index contributed by atoms with van der Waals surface area (Å²) < 4.78 is 42.0. The predicted molar refractivity (Wildman–Crippen MR) is 89.6 cm³/mol. The highest BCUT2D eigenvalue weighted by atomic mass is 19.4. The van der Waals surface area contributed by atoms with Crippen LogP contribution in [0.5, 0.6) is 0 Å². The van der Waals surface area contributed by atoms with Gasteiger partial charge in [0.15, 0.2) is 5.69 Å². The maximum Gasteiger partial charge on any atom is 0.434 e. The molecule has 144 valence electrons. The van der Waals surface area contributed by atoms with E-state index in [1.807, 2.05) is 0 Å². The van der Waals surface area contributed by atoms with Crippen molar-refractivity contribution in [2.24, 2.45) is 5.41 Å². The maximum atomic E-state index is 13.8. The molecule has 1 saturated heterocycles. The summed E-state index contributed by atoms with van der Waals surface area (Å²) in [5.74, 6) is -1.95. The van der Waals surface area contributed by atoms with Crippen LogP contribution in [-0.2, 0) is 11.0 Å². The van der Waals surface area contributed by atoms with Crippen LogP contribution in [0.1, 0.15) is 35.0 Å². The van der Waals surface area contributed by atoms with Crippen molar-refractivity contribution in [3.05, 3.63) is 47.3 Å². The number of aromatic nitrogens is 2. The molecule has 1 aliphatic heterocycles. The van der Waals surface area contributed by atoms with Gasteiger partial charge in [0.1, 0.15) is 0 Å². The summed E-state index contributed by atoms with van der Waals surface area (Å²) in [6, 6.07) is 6.42. The summed E-state index contributed by atoms with van der Waals surface area (Å²) in [4.78, 5) is 25.2. The van der Waals surface area contributed by atoms with Crippen LogP contribution in [0.4, 0.5) is 13.2 Å². The number of carboxylic acid groups (broad SMARTS) is 1. The zero-order chi connectivity index (χ0) is 20.0. The fourth-order valence-electron chi connectivity index (χ4n) is 3.24. The molecule has 2 aromatic rings. The first kappa shape index (κ1) is 18.9. The number of carbonyl (C=O) groups excluding carboxylic acids is 1. The average molecular weight is 381 g/mol. The highest BCUT2D eigenvalue weighted by Gasteiger charge is 2.46. The van der Waals surface area contributed by atoms with Crippen LogP contribution in [-0.4, -0.2) is 44.8 Å². The predicted octanol–water partition coefficient (Wildman–Crippen LogP) is 3.14. The summed E-state index contributed by atoms with van der Waals surface area (Å²) >= 11 is 0. The van der Waals surface area contributed by atoms with E-state index in [9.17, 15) is 27.9 Å². The van der Waals surface area contributed by atoms with Crippen LogP contribution >= 0.6 is 0 Å². The Bertz CT molecular complexity index is 907. The van der Waals surface area contributed by atoms with Gasteiger partial charge in [0, 0.05) is 13.1 Å². The topological polar surface area (TPSA) is 75.4 Å². The first-order chi connectivity index (χ1) is 12.5. The molecule has 0 aliphatic carbocycles. The van der Waals surface area contributed by atoms with E-state index in [4.69, 9.17) is 0 Å². The average Bonchev–Trinajstić information content (AvgIpc) is 3.19. The molecular formula is C18H18F3N3O3. The molecule has 1 aromatic heterocycles. The first-order valence-corrected chi connectivity index (χ1v) is 8.28. The Morgan fingerprint density at radius 3 is 2.48 bits per heavy atom. The van der Waals surface area contributed by atoms with Crippen LogP contribution in [0.3, 0.4) is 0 Å². The van der Waals surface area contributed by atoms with Gasteiger partial charge in [-0.2, -0.15) is 18.3 Å². The lowest BCUT2D eigenvalue weighted by Gasteiger charge is -2.21. The first-order valence-electron chi connectivity index (χ1n) is 8.28. The summed E-state index contributed by atoms with van der Waals surface area (Å²) in [6.45, 7) is 3.06. The molecule has 1 aromatic carbocycles. The van der Waals surface area contributed by atoms with Gasteiger partial charge in [0.05, 0.1) is 22.9 Å². The van der Waals surface area contributed by atoms with E-state index in [0.717, 1.165) is 15.8 Å². The summed E-state index contributed by atoms with van der Waals surface area (Å²) in [5.41, 5.74) is -2.11. The van der Waals surface area contributed by atoms with Gasteiger partial charge in [-0.1, -0.05) is 18.2 Å². The van der Waals surface area contributed by atoms with Crippen LogP contribution < -0.4 is 0 Å². The van der Waals surface area contributed by atoms with Crippen molar-refractivity contribution in [3.63, 3.8) is 0 Å². The van der Waals surface area contributed by atoms with Crippen molar-refractivity contribution in [2.45, 2.75) is 26.4 Å². The van der Waals surface area contributed by atoms with E-state index < -0.39 is 34.7 Å². The largest absolute Gasteiger partial charge is 0.481 e. The number of aliphatic carboxylic acids is 1. The molecule has 0 bridgehead atoms.